The average Bonchev–Trinajstić information content (AvgIpc) is 2.66. The number of rotatable bonds is 7. The van der Waals surface area contributed by atoms with Crippen molar-refractivity contribution in [1.82, 2.24) is 9.88 Å². The molecule has 0 saturated heterocycles. The maximum Gasteiger partial charge on any atom is 0.239 e. The van der Waals surface area contributed by atoms with Crippen molar-refractivity contribution < 1.29 is 14.4 Å². The largest absolute Gasteiger partial charge is 0.345 e. The van der Waals surface area contributed by atoms with Crippen molar-refractivity contribution in [2.75, 3.05) is 24.2 Å². The molecule has 1 aromatic carbocycles. The van der Waals surface area contributed by atoms with Crippen LogP contribution < -0.4 is 10.6 Å². The van der Waals surface area contributed by atoms with Gasteiger partial charge in [-0.25, -0.2) is 0 Å². The number of hydrogen-bond donors (Lipinski definition) is 2. The predicted octanol–water partition coefficient (Wildman–Crippen LogP) is 2.71. The molecule has 28 heavy (non-hydrogen) atoms. The van der Waals surface area contributed by atoms with Gasteiger partial charge in [0.1, 0.15) is 5.41 Å². The normalized spacial score (nSPS) is 10.9. The van der Waals surface area contributed by atoms with Crippen molar-refractivity contribution in [2.24, 2.45) is 5.41 Å². The van der Waals surface area contributed by atoms with E-state index in [0.717, 1.165) is 5.56 Å². The summed E-state index contributed by atoms with van der Waals surface area (Å²) in [6.07, 6.45) is 4.11. The quantitative estimate of drug-likeness (QED) is 0.720. The summed E-state index contributed by atoms with van der Waals surface area (Å²) in [6, 6.07) is 10.6. The zero-order valence-corrected chi connectivity index (χ0v) is 16.7. The highest BCUT2D eigenvalue weighted by Gasteiger charge is 2.38. The Bertz CT molecular complexity index is 850. The highest BCUT2D eigenvalue weighted by Crippen LogP contribution is 2.23. The van der Waals surface area contributed by atoms with E-state index in [0.29, 0.717) is 24.3 Å². The molecule has 3 amide bonds. The highest BCUT2D eigenvalue weighted by atomic mass is 16.2. The first-order valence-electron chi connectivity index (χ1n) is 9.03. The number of nitrogens with zero attached hydrogens (tertiary/aromatic N) is 2. The monoisotopic (exact) mass is 382 g/mol. The second-order valence-electron chi connectivity index (χ2n) is 7.17. The molecular weight excluding hydrogens is 356 g/mol. The zero-order valence-electron chi connectivity index (χ0n) is 16.7. The fourth-order valence-electron chi connectivity index (χ4n) is 2.69. The summed E-state index contributed by atoms with van der Waals surface area (Å²) in [5.41, 5.74) is 0.920. The summed E-state index contributed by atoms with van der Waals surface area (Å²) in [4.78, 5) is 42.3. The summed E-state index contributed by atoms with van der Waals surface area (Å²) in [5.74, 6) is -0.875. The first-order chi connectivity index (χ1) is 13.2. The fourth-order valence-corrected chi connectivity index (χ4v) is 2.69. The molecule has 0 aliphatic rings. The third-order valence-electron chi connectivity index (χ3n) is 4.38. The molecule has 1 aromatic heterocycles. The Balaban J connectivity index is 2.00. The molecule has 0 atom stereocenters. The molecule has 7 nitrogen and oxygen atoms in total. The van der Waals surface area contributed by atoms with Crippen LogP contribution >= 0.6 is 0 Å². The Morgan fingerprint density at radius 3 is 2.25 bits per heavy atom. The number of likely N-dealkylation sites (N-methyl/N-ethyl adjacent to an activating group) is 1. The lowest BCUT2D eigenvalue weighted by molar-refractivity contribution is -0.145. The first kappa shape index (κ1) is 21.1. The molecule has 2 rings (SSSR count). The molecular formula is C21H26N4O3. The van der Waals surface area contributed by atoms with E-state index in [1.165, 1.54) is 6.92 Å². The van der Waals surface area contributed by atoms with Gasteiger partial charge in [-0.3, -0.25) is 19.4 Å². The van der Waals surface area contributed by atoms with Gasteiger partial charge < -0.3 is 15.5 Å². The van der Waals surface area contributed by atoms with Crippen LogP contribution in [0.1, 0.15) is 26.3 Å². The van der Waals surface area contributed by atoms with Crippen LogP contribution in [0.2, 0.25) is 0 Å². The molecule has 0 spiro atoms. The van der Waals surface area contributed by atoms with Gasteiger partial charge in [0.2, 0.25) is 17.7 Å². The van der Waals surface area contributed by atoms with Crippen LogP contribution in [0.5, 0.6) is 0 Å². The van der Waals surface area contributed by atoms with Crippen LogP contribution in [0.25, 0.3) is 0 Å². The van der Waals surface area contributed by atoms with E-state index in [9.17, 15) is 14.4 Å². The summed E-state index contributed by atoms with van der Waals surface area (Å²) in [7, 11) is 1.69. The second-order valence-corrected chi connectivity index (χ2v) is 7.17. The van der Waals surface area contributed by atoms with Crippen LogP contribution in [0, 0.1) is 5.41 Å². The van der Waals surface area contributed by atoms with Gasteiger partial charge in [0, 0.05) is 44.3 Å². The van der Waals surface area contributed by atoms with Crippen LogP contribution in [0.4, 0.5) is 11.4 Å². The van der Waals surface area contributed by atoms with Crippen molar-refractivity contribution in [3.05, 3.63) is 54.4 Å². The number of anilines is 2. The van der Waals surface area contributed by atoms with E-state index in [1.54, 1.807) is 62.5 Å². The first-order valence-corrected chi connectivity index (χ1v) is 9.03. The van der Waals surface area contributed by atoms with Crippen LogP contribution in [-0.2, 0) is 20.8 Å². The summed E-state index contributed by atoms with van der Waals surface area (Å²) in [6.45, 7) is 5.11. The minimum atomic E-state index is -1.24. The van der Waals surface area contributed by atoms with Crippen LogP contribution in [-0.4, -0.2) is 41.2 Å². The Morgan fingerprint density at radius 1 is 1.04 bits per heavy atom. The molecule has 0 aliphatic heterocycles. The van der Waals surface area contributed by atoms with Gasteiger partial charge in [-0.15, -0.1) is 0 Å². The number of aromatic nitrogens is 1. The van der Waals surface area contributed by atoms with Gasteiger partial charge >= 0.3 is 0 Å². The topological polar surface area (TPSA) is 91.4 Å². The predicted molar refractivity (Wildman–Crippen MR) is 109 cm³/mol. The van der Waals surface area contributed by atoms with E-state index in [4.69, 9.17) is 0 Å². The van der Waals surface area contributed by atoms with Crippen LogP contribution in [0.3, 0.4) is 0 Å². The van der Waals surface area contributed by atoms with Crippen molar-refractivity contribution in [1.29, 1.82) is 0 Å². The number of pyridine rings is 1. The smallest absolute Gasteiger partial charge is 0.239 e. The zero-order chi connectivity index (χ0) is 20.7. The molecule has 148 valence electrons. The summed E-state index contributed by atoms with van der Waals surface area (Å²) in [5, 5.41) is 5.42. The minimum Gasteiger partial charge on any atom is -0.345 e. The Morgan fingerprint density at radius 2 is 1.64 bits per heavy atom. The van der Waals surface area contributed by atoms with Crippen LogP contribution in [0.15, 0.2) is 48.8 Å². The lowest BCUT2D eigenvalue weighted by atomic mass is 9.90. The van der Waals surface area contributed by atoms with Gasteiger partial charge in [0.15, 0.2) is 0 Å². The molecule has 1 heterocycles. The Labute approximate surface area is 165 Å². The van der Waals surface area contributed by atoms with Crippen molar-refractivity contribution in [3.63, 3.8) is 0 Å². The van der Waals surface area contributed by atoms with E-state index in [1.807, 2.05) is 12.1 Å². The number of amides is 3. The van der Waals surface area contributed by atoms with Gasteiger partial charge in [-0.05, 0) is 56.2 Å². The number of carbonyl (C=O) groups is 3. The highest BCUT2D eigenvalue weighted by molar-refractivity contribution is 6.10. The second kappa shape index (κ2) is 9.12. The standard InChI is InChI=1S/C21H26N4O3/c1-15(26)23-17-6-5-7-18(14-17)24-19(27)21(2,3)20(28)25(4)13-10-16-8-11-22-12-9-16/h5-9,11-12,14H,10,13H2,1-4H3,(H,23,26)(H,24,27). The molecule has 0 saturated carbocycles. The van der Waals surface area contributed by atoms with Gasteiger partial charge in [0.25, 0.3) is 0 Å². The molecule has 7 heteroatoms. The number of carbonyl (C=O) groups excluding carboxylic acids is 3. The van der Waals surface area contributed by atoms with Gasteiger partial charge in [-0.2, -0.15) is 0 Å². The maximum absolute atomic E-state index is 12.8. The summed E-state index contributed by atoms with van der Waals surface area (Å²) >= 11 is 0. The third kappa shape index (κ3) is 5.64. The number of nitrogens with one attached hydrogen (secondary N) is 2. The van der Waals surface area contributed by atoms with E-state index in [-0.39, 0.29) is 11.8 Å². The van der Waals surface area contributed by atoms with Crippen molar-refractivity contribution in [3.8, 4) is 0 Å². The molecule has 0 radical (unpaired) electrons. The van der Waals surface area contributed by atoms with E-state index >= 15 is 0 Å². The SMILES string of the molecule is CC(=O)Nc1cccc(NC(=O)C(C)(C)C(=O)N(C)CCc2ccncc2)c1. The average molecular weight is 382 g/mol. The van der Waals surface area contributed by atoms with Crippen molar-refractivity contribution in [2.45, 2.75) is 27.2 Å². The molecule has 2 N–H and O–H groups in total. The molecule has 0 bridgehead atoms. The minimum absolute atomic E-state index is 0.199. The van der Waals surface area contributed by atoms with E-state index in [2.05, 4.69) is 15.6 Å². The van der Waals surface area contributed by atoms with E-state index < -0.39 is 11.3 Å². The Hall–Kier alpha value is -3.22. The number of benzene rings is 1. The molecule has 0 unspecified atom stereocenters. The number of hydrogen-bond acceptors (Lipinski definition) is 4. The fraction of sp³-hybridized carbons (Fsp3) is 0.333. The molecule has 0 fully saturated rings. The lowest BCUT2D eigenvalue weighted by Gasteiger charge is -2.28. The molecule has 0 aliphatic carbocycles. The maximum atomic E-state index is 12.8. The lowest BCUT2D eigenvalue weighted by Crippen LogP contribution is -2.46. The summed E-state index contributed by atoms with van der Waals surface area (Å²) < 4.78 is 0. The molecule has 2 aromatic rings. The van der Waals surface area contributed by atoms with Crippen molar-refractivity contribution >= 4 is 29.1 Å². The van der Waals surface area contributed by atoms with Gasteiger partial charge in [-0.1, -0.05) is 6.07 Å². The Kier molecular flexibility index (Phi) is 6.87. The third-order valence-corrected chi connectivity index (χ3v) is 4.38. The van der Waals surface area contributed by atoms with Gasteiger partial charge in [0.05, 0.1) is 0 Å².